The highest BCUT2D eigenvalue weighted by molar-refractivity contribution is 7.22. The van der Waals surface area contributed by atoms with Crippen molar-refractivity contribution >= 4 is 39.0 Å². The molecule has 130 valence electrons. The zero-order chi connectivity index (χ0) is 18.2. The van der Waals surface area contributed by atoms with E-state index in [1.54, 1.807) is 22.7 Å². The molecule has 0 radical (unpaired) electrons. The fraction of sp³-hybridized carbons (Fsp3) is 0.158. The molecule has 0 aliphatic heterocycles. The Morgan fingerprint density at radius 2 is 1.84 bits per heavy atom. The van der Waals surface area contributed by atoms with Gasteiger partial charge in [0.15, 0.2) is 0 Å². The molecule has 1 N–H and O–H groups in total. The lowest BCUT2D eigenvalue weighted by atomic mass is 10.2. The number of carbonyl (C=O) groups excluding carboxylic acids is 1. The van der Waals surface area contributed by atoms with Gasteiger partial charge in [0, 0.05) is 11.8 Å². The maximum absolute atomic E-state index is 8.81. The van der Waals surface area contributed by atoms with Crippen molar-refractivity contribution in [1.29, 1.82) is 0 Å². The molecule has 0 spiro atoms. The molecule has 25 heavy (non-hydrogen) atoms. The Balaban J connectivity index is 0.000000410. The van der Waals surface area contributed by atoms with Gasteiger partial charge in [-0.1, -0.05) is 24.3 Å². The zero-order valence-electron chi connectivity index (χ0n) is 14.2. The molecule has 1 aromatic carbocycles. The topological polar surface area (TPSA) is 63.3 Å². The van der Waals surface area contributed by atoms with Crippen LogP contribution in [0.4, 0.5) is 0 Å². The summed E-state index contributed by atoms with van der Waals surface area (Å²) in [7, 11) is 1.00. The lowest BCUT2D eigenvalue weighted by Crippen LogP contribution is -1.75. The lowest BCUT2D eigenvalue weighted by molar-refractivity contribution is -0.106. The van der Waals surface area contributed by atoms with Gasteiger partial charge in [-0.3, -0.25) is 0 Å². The fourth-order valence-electron chi connectivity index (χ4n) is 2.23. The van der Waals surface area contributed by atoms with Crippen LogP contribution in [0.3, 0.4) is 0 Å². The number of hydrogen-bond acceptors (Lipinski definition) is 6. The van der Waals surface area contributed by atoms with Crippen molar-refractivity contribution in [2.45, 2.75) is 13.8 Å². The van der Waals surface area contributed by atoms with E-state index in [4.69, 9.17) is 14.3 Å². The Morgan fingerprint density at radius 3 is 2.48 bits per heavy atom. The summed E-state index contributed by atoms with van der Waals surface area (Å²) >= 11 is 3.40. The zero-order valence-corrected chi connectivity index (χ0v) is 15.9. The minimum Gasteiger partial charge on any atom is -0.440 e. The summed E-state index contributed by atoms with van der Waals surface area (Å²) in [4.78, 5) is 15.7. The number of nitrogens with zero attached hydrogens (tertiary/aromatic N) is 1. The number of hydrogen-bond donors (Lipinski definition) is 1. The number of aryl methyl sites for hydroxylation is 1. The number of aliphatic hydroxyl groups is 1. The SMILES string of the molecule is CC=O.CO.Cc1oc(-c2cc3ccccc3s2)nc1-c1cccs1. The molecule has 4 rings (SSSR count). The molecular formula is C19H19NO3S2. The second-order valence-electron chi connectivity index (χ2n) is 4.79. The van der Waals surface area contributed by atoms with Crippen LogP contribution < -0.4 is 0 Å². The number of rotatable bonds is 2. The maximum atomic E-state index is 8.81. The molecule has 3 heterocycles. The van der Waals surface area contributed by atoms with Gasteiger partial charge in [-0.2, -0.15) is 0 Å². The van der Waals surface area contributed by atoms with E-state index in [1.807, 2.05) is 13.0 Å². The molecule has 0 atom stereocenters. The summed E-state index contributed by atoms with van der Waals surface area (Å²) in [6.45, 7) is 3.42. The summed E-state index contributed by atoms with van der Waals surface area (Å²) in [5.74, 6) is 1.59. The van der Waals surface area contributed by atoms with E-state index in [-0.39, 0.29) is 0 Å². The predicted octanol–water partition coefficient (Wildman–Crippen LogP) is 5.41. The average molecular weight is 373 g/mol. The first-order valence-electron chi connectivity index (χ1n) is 7.57. The molecule has 0 bridgehead atoms. The van der Waals surface area contributed by atoms with E-state index in [9.17, 15) is 0 Å². The highest BCUT2D eigenvalue weighted by Gasteiger charge is 2.15. The summed E-state index contributed by atoms with van der Waals surface area (Å²) in [6, 6.07) is 14.6. The van der Waals surface area contributed by atoms with Crippen LogP contribution in [0.1, 0.15) is 12.7 Å². The molecule has 0 aliphatic rings. The Labute approximate surface area is 154 Å². The van der Waals surface area contributed by atoms with Crippen molar-refractivity contribution in [2.24, 2.45) is 0 Å². The summed E-state index contributed by atoms with van der Waals surface area (Å²) in [5, 5.41) is 10.3. The van der Waals surface area contributed by atoms with Gasteiger partial charge in [0.05, 0.1) is 9.75 Å². The van der Waals surface area contributed by atoms with Crippen LogP contribution in [-0.4, -0.2) is 23.5 Å². The van der Waals surface area contributed by atoms with E-state index in [2.05, 4.69) is 46.8 Å². The number of aldehydes is 1. The van der Waals surface area contributed by atoms with Crippen LogP contribution in [0, 0.1) is 6.92 Å². The van der Waals surface area contributed by atoms with Gasteiger partial charge in [-0.25, -0.2) is 4.98 Å². The normalized spacial score (nSPS) is 9.76. The lowest BCUT2D eigenvalue weighted by Gasteiger charge is -1.88. The van der Waals surface area contributed by atoms with Gasteiger partial charge < -0.3 is 14.3 Å². The Bertz CT molecular complexity index is 890. The van der Waals surface area contributed by atoms with Crippen molar-refractivity contribution in [3.8, 4) is 21.3 Å². The molecular weight excluding hydrogens is 354 g/mol. The Morgan fingerprint density at radius 1 is 1.12 bits per heavy atom. The number of aromatic nitrogens is 1. The van der Waals surface area contributed by atoms with Crippen LogP contribution >= 0.6 is 22.7 Å². The van der Waals surface area contributed by atoms with Gasteiger partial charge in [0.25, 0.3) is 0 Å². The minimum atomic E-state index is 0.715. The second-order valence-corrected chi connectivity index (χ2v) is 6.82. The predicted molar refractivity (Wildman–Crippen MR) is 105 cm³/mol. The van der Waals surface area contributed by atoms with Crippen LogP contribution in [0.25, 0.3) is 31.4 Å². The molecule has 0 unspecified atom stereocenters. The number of carbonyl (C=O) groups is 1. The van der Waals surface area contributed by atoms with E-state index >= 15 is 0 Å². The van der Waals surface area contributed by atoms with Crippen molar-refractivity contribution in [3.05, 3.63) is 53.6 Å². The van der Waals surface area contributed by atoms with E-state index in [0.717, 1.165) is 34.6 Å². The van der Waals surface area contributed by atoms with Crippen LogP contribution in [0.15, 0.2) is 52.3 Å². The Kier molecular flexibility index (Phi) is 7.06. The van der Waals surface area contributed by atoms with Crippen molar-refractivity contribution in [2.75, 3.05) is 7.11 Å². The van der Waals surface area contributed by atoms with E-state index in [1.165, 1.54) is 17.0 Å². The smallest absolute Gasteiger partial charge is 0.237 e. The highest BCUT2D eigenvalue weighted by atomic mass is 32.1. The summed E-state index contributed by atoms with van der Waals surface area (Å²) in [5.41, 5.74) is 0.951. The highest BCUT2D eigenvalue weighted by Crippen LogP contribution is 2.36. The molecule has 0 fully saturated rings. The Hall–Kier alpha value is -2.28. The van der Waals surface area contributed by atoms with Gasteiger partial charge >= 0.3 is 0 Å². The molecule has 6 heteroatoms. The number of benzene rings is 1. The van der Waals surface area contributed by atoms with Crippen LogP contribution in [0.2, 0.25) is 0 Å². The summed E-state index contributed by atoms with van der Waals surface area (Å²) < 4.78 is 7.12. The van der Waals surface area contributed by atoms with Gasteiger partial charge in [0.1, 0.15) is 17.7 Å². The maximum Gasteiger partial charge on any atom is 0.237 e. The first kappa shape index (κ1) is 19.1. The first-order chi connectivity index (χ1) is 12.2. The third kappa shape index (κ3) is 4.42. The molecule has 0 aliphatic carbocycles. The first-order valence-corrected chi connectivity index (χ1v) is 9.27. The molecule has 4 nitrogen and oxygen atoms in total. The van der Waals surface area contributed by atoms with Gasteiger partial charge in [-0.15, -0.1) is 22.7 Å². The monoisotopic (exact) mass is 373 g/mol. The summed E-state index contributed by atoms with van der Waals surface area (Å²) in [6.07, 6.45) is 0.750. The third-order valence-corrected chi connectivity index (χ3v) is 5.17. The van der Waals surface area contributed by atoms with Crippen molar-refractivity contribution in [3.63, 3.8) is 0 Å². The second kappa shape index (κ2) is 9.27. The van der Waals surface area contributed by atoms with E-state index in [0.29, 0.717) is 5.89 Å². The van der Waals surface area contributed by atoms with Crippen LogP contribution in [0.5, 0.6) is 0 Å². The quantitative estimate of drug-likeness (QED) is 0.477. The largest absolute Gasteiger partial charge is 0.440 e. The third-order valence-electron chi connectivity index (χ3n) is 3.19. The van der Waals surface area contributed by atoms with E-state index < -0.39 is 0 Å². The van der Waals surface area contributed by atoms with Gasteiger partial charge in [0.2, 0.25) is 5.89 Å². The standard InChI is InChI=1S/C16H11NOS2.C2H4O.CH4O/c1-10-15(13-7-4-8-19-13)17-16(18-10)14-9-11-5-2-3-6-12(11)20-14;1-2-3;1-2/h2-9H,1H3;2H,1H3;2H,1H3. The van der Waals surface area contributed by atoms with Crippen LogP contribution in [-0.2, 0) is 4.79 Å². The molecule has 0 amide bonds. The van der Waals surface area contributed by atoms with Crippen molar-refractivity contribution < 1.29 is 14.3 Å². The minimum absolute atomic E-state index is 0.715. The number of aliphatic hydroxyl groups excluding tert-OH is 1. The van der Waals surface area contributed by atoms with Gasteiger partial charge in [-0.05, 0) is 42.8 Å². The average Bonchev–Trinajstić information content (AvgIpc) is 3.36. The number of fused-ring (bicyclic) bond motifs is 1. The molecule has 0 saturated heterocycles. The molecule has 4 aromatic rings. The molecule has 0 saturated carbocycles. The number of oxazole rings is 1. The number of thiophene rings is 2. The molecule has 3 aromatic heterocycles. The fourth-order valence-corrected chi connectivity index (χ4v) is 3.98. The van der Waals surface area contributed by atoms with Crippen molar-refractivity contribution in [1.82, 2.24) is 4.98 Å².